The summed E-state index contributed by atoms with van der Waals surface area (Å²) in [7, 11) is 1.20. The minimum absolute atomic E-state index is 0.0539. The van der Waals surface area contributed by atoms with Crippen molar-refractivity contribution in [2.75, 3.05) is 7.11 Å². The van der Waals surface area contributed by atoms with Crippen molar-refractivity contribution in [3.8, 4) is 5.82 Å². The lowest BCUT2D eigenvalue weighted by molar-refractivity contribution is -0.385. The van der Waals surface area contributed by atoms with Crippen molar-refractivity contribution in [2.24, 2.45) is 0 Å². The molecule has 2 rings (SSSR count). The first-order chi connectivity index (χ1) is 9.86. The number of nitrogens with zero attached hydrogens (tertiary/aromatic N) is 4. The molecule has 0 aliphatic carbocycles. The molecule has 0 bridgehead atoms. The molecule has 2 heterocycles. The quantitative estimate of drug-likeness (QED) is 0.489. The molecule has 0 aromatic carbocycles. The van der Waals surface area contributed by atoms with Crippen molar-refractivity contribution in [1.82, 2.24) is 14.8 Å². The highest BCUT2D eigenvalue weighted by atomic mass is 35.5. The summed E-state index contributed by atoms with van der Waals surface area (Å²) in [6.07, 6.45) is 0. The van der Waals surface area contributed by atoms with Crippen molar-refractivity contribution >= 4 is 23.3 Å². The highest BCUT2D eigenvalue weighted by Crippen LogP contribution is 2.27. The molecule has 0 radical (unpaired) electrons. The molecular weight excluding hydrogens is 300 g/mol. The lowest BCUT2D eigenvalue weighted by Crippen LogP contribution is -2.11. The first-order valence-electron chi connectivity index (χ1n) is 5.82. The third-order valence-electron chi connectivity index (χ3n) is 2.85. The topological polar surface area (TPSA) is 100 Å². The zero-order valence-corrected chi connectivity index (χ0v) is 12.2. The lowest BCUT2D eigenvalue weighted by Gasteiger charge is -2.06. The molecule has 0 fully saturated rings. The molecule has 0 saturated carbocycles. The molecule has 8 nitrogen and oxygen atoms in total. The summed E-state index contributed by atoms with van der Waals surface area (Å²) in [6, 6.07) is 2.40. The Morgan fingerprint density at radius 2 is 2.10 bits per heavy atom. The van der Waals surface area contributed by atoms with Gasteiger partial charge in [0, 0.05) is 6.07 Å². The van der Waals surface area contributed by atoms with E-state index in [0.29, 0.717) is 16.4 Å². The van der Waals surface area contributed by atoms with Gasteiger partial charge in [-0.1, -0.05) is 11.6 Å². The number of rotatable bonds is 3. The molecule has 9 heteroatoms. The van der Waals surface area contributed by atoms with E-state index in [4.69, 9.17) is 11.6 Å². The molecule has 110 valence electrons. The maximum atomic E-state index is 11.5. The second-order valence-electron chi connectivity index (χ2n) is 4.18. The highest BCUT2D eigenvalue weighted by Gasteiger charge is 2.23. The molecule has 0 unspecified atom stereocenters. The van der Waals surface area contributed by atoms with Crippen molar-refractivity contribution < 1.29 is 14.5 Å². The average Bonchev–Trinajstić information content (AvgIpc) is 2.73. The smallest absolute Gasteiger partial charge is 0.356 e. The maximum absolute atomic E-state index is 11.5. The van der Waals surface area contributed by atoms with E-state index in [9.17, 15) is 14.9 Å². The van der Waals surface area contributed by atoms with Gasteiger partial charge in [0.1, 0.15) is 0 Å². The van der Waals surface area contributed by atoms with E-state index in [1.54, 1.807) is 13.8 Å². The SMILES string of the molecule is COC(=O)c1ccc([N+](=O)[O-])c(-n2nc(C)c(Cl)c2C)n1. The number of pyridine rings is 1. The van der Waals surface area contributed by atoms with Crippen molar-refractivity contribution in [3.63, 3.8) is 0 Å². The van der Waals surface area contributed by atoms with Gasteiger partial charge >= 0.3 is 11.7 Å². The minimum atomic E-state index is -0.696. The van der Waals surface area contributed by atoms with E-state index in [2.05, 4.69) is 14.8 Å². The number of halogens is 1. The van der Waals surface area contributed by atoms with Crippen LogP contribution in [0, 0.1) is 24.0 Å². The maximum Gasteiger partial charge on any atom is 0.356 e. The summed E-state index contributed by atoms with van der Waals surface area (Å²) in [4.78, 5) is 26.0. The fraction of sp³-hybridized carbons (Fsp3) is 0.250. The predicted molar refractivity (Wildman–Crippen MR) is 73.8 cm³/mol. The van der Waals surface area contributed by atoms with E-state index in [-0.39, 0.29) is 17.2 Å². The van der Waals surface area contributed by atoms with Crippen LogP contribution in [0.2, 0.25) is 5.02 Å². The van der Waals surface area contributed by atoms with Gasteiger partial charge in [0.05, 0.1) is 28.4 Å². The number of hydrogen-bond donors (Lipinski definition) is 0. The number of ether oxygens (including phenoxy) is 1. The van der Waals surface area contributed by atoms with Gasteiger partial charge in [0.25, 0.3) is 0 Å². The summed E-state index contributed by atoms with van der Waals surface area (Å²) in [5, 5.41) is 15.6. The first kappa shape index (κ1) is 14.9. The van der Waals surface area contributed by atoms with Crippen LogP contribution >= 0.6 is 11.6 Å². The van der Waals surface area contributed by atoms with Crippen molar-refractivity contribution in [3.05, 3.63) is 44.4 Å². The van der Waals surface area contributed by atoms with Crippen LogP contribution in [0.4, 0.5) is 5.69 Å². The Morgan fingerprint density at radius 1 is 1.43 bits per heavy atom. The Labute approximate surface area is 124 Å². The summed E-state index contributed by atoms with van der Waals surface area (Å²) >= 11 is 6.04. The van der Waals surface area contributed by atoms with Crippen LogP contribution < -0.4 is 0 Å². The van der Waals surface area contributed by atoms with Gasteiger partial charge in [-0.25, -0.2) is 14.5 Å². The van der Waals surface area contributed by atoms with Crippen LogP contribution in [0.15, 0.2) is 12.1 Å². The van der Waals surface area contributed by atoms with Crippen LogP contribution in [-0.4, -0.2) is 32.8 Å². The number of carbonyl (C=O) groups is 1. The molecule has 2 aromatic rings. The molecule has 0 spiro atoms. The van der Waals surface area contributed by atoms with Gasteiger partial charge in [-0.2, -0.15) is 5.10 Å². The molecule has 2 aromatic heterocycles. The second kappa shape index (κ2) is 5.49. The van der Waals surface area contributed by atoms with E-state index in [0.717, 1.165) is 0 Å². The summed E-state index contributed by atoms with van der Waals surface area (Å²) in [6.45, 7) is 3.32. The second-order valence-corrected chi connectivity index (χ2v) is 4.56. The Kier molecular flexibility index (Phi) is 3.90. The van der Waals surface area contributed by atoms with E-state index in [1.165, 1.54) is 23.9 Å². The molecule has 0 saturated heterocycles. The lowest BCUT2D eigenvalue weighted by atomic mass is 10.3. The third kappa shape index (κ3) is 2.57. The van der Waals surface area contributed by atoms with Gasteiger partial charge in [-0.15, -0.1) is 0 Å². The van der Waals surface area contributed by atoms with Crippen molar-refractivity contribution in [1.29, 1.82) is 0 Å². The Balaban J connectivity index is 2.71. The largest absolute Gasteiger partial charge is 0.464 e. The first-order valence-corrected chi connectivity index (χ1v) is 6.20. The van der Waals surface area contributed by atoms with E-state index in [1.807, 2.05) is 0 Å². The van der Waals surface area contributed by atoms with Gasteiger partial charge in [0.15, 0.2) is 5.69 Å². The van der Waals surface area contributed by atoms with Crippen LogP contribution in [0.3, 0.4) is 0 Å². The fourth-order valence-corrected chi connectivity index (χ4v) is 1.91. The van der Waals surface area contributed by atoms with Gasteiger partial charge < -0.3 is 4.74 Å². The Hall–Kier alpha value is -2.48. The number of hydrogen-bond acceptors (Lipinski definition) is 6. The number of aromatic nitrogens is 3. The Morgan fingerprint density at radius 3 is 2.57 bits per heavy atom. The number of methoxy groups -OCH3 is 1. The van der Waals surface area contributed by atoms with Crippen LogP contribution in [0.25, 0.3) is 5.82 Å². The summed E-state index contributed by atoms with van der Waals surface area (Å²) in [5.74, 6) is -0.783. The van der Waals surface area contributed by atoms with Crippen LogP contribution in [0.1, 0.15) is 21.9 Å². The molecular formula is C12H11ClN4O4. The molecule has 0 atom stereocenters. The number of nitro groups is 1. The summed E-state index contributed by atoms with van der Waals surface area (Å²) < 4.78 is 5.80. The molecule has 0 N–H and O–H groups in total. The average molecular weight is 311 g/mol. The zero-order valence-electron chi connectivity index (χ0n) is 11.5. The molecule has 0 amide bonds. The van der Waals surface area contributed by atoms with Gasteiger partial charge in [-0.3, -0.25) is 10.1 Å². The Bertz CT molecular complexity index is 741. The standard InChI is InChI=1S/C12H11ClN4O4/c1-6-10(13)7(2)16(15-6)11-9(17(19)20)5-4-8(14-11)12(18)21-3/h4-5H,1-3H3. The van der Waals surface area contributed by atoms with E-state index < -0.39 is 10.9 Å². The van der Waals surface area contributed by atoms with Crippen molar-refractivity contribution in [2.45, 2.75) is 13.8 Å². The highest BCUT2D eigenvalue weighted by molar-refractivity contribution is 6.31. The monoisotopic (exact) mass is 310 g/mol. The normalized spacial score (nSPS) is 10.5. The minimum Gasteiger partial charge on any atom is -0.464 e. The van der Waals surface area contributed by atoms with Crippen LogP contribution in [0.5, 0.6) is 0 Å². The number of aryl methyl sites for hydroxylation is 1. The van der Waals surface area contributed by atoms with Gasteiger partial charge in [-0.05, 0) is 19.9 Å². The number of carbonyl (C=O) groups excluding carboxylic acids is 1. The van der Waals surface area contributed by atoms with E-state index >= 15 is 0 Å². The predicted octanol–water partition coefficient (Wildman–Crippen LogP) is 2.23. The molecule has 0 aliphatic rings. The summed E-state index contributed by atoms with van der Waals surface area (Å²) in [5.41, 5.74) is 0.659. The fourth-order valence-electron chi connectivity index (χ4n) is 1.79. The van der Waals surface area contributed by atoms with Gasteiger partial charge in [0.2, 0.25) is 5.82 Å². The zero-order chi connectivity index (χ0) is 15.7. The molecule has 21 heavy (non-hydrogen) atoms. The number of esters is 1. The molecule has 0 aliphatic heterocycles. The third-order valence-corrected chi connectivity index (χ3v) is 3.40. The van der Waals surface area contributed by atoms with Crippen LogP contribution in [-0.2, 0) is 4.74 Å².